The first-order valence-corrected chi connectivity index (χ1v) is 11.0. The van der Waals surface area contributed by atoms with Crippen LogP contribution in [0.15, 0.2) is 77.6 Å². The minimum atomic E-state index is -0.270. The number of hydrogen-bond acceptors (Lipinski definition) is 6. The average Bonchev–Trinajstić information content (AvgIpc) is 3.46. The van der Waals surface area contributed by atoms with Crippen molar-refractivity contribution in [2.45, 2.75) is 20.4 Å². The third-order valence-electron chi connectivity index (χ3n) is 5.14. The third kappa shape index (κ3) is 3.90. The number of fused-ring (bicyclic) bond motifs is 1. The highest BCUT2D eigenvalue weighted by Gasteiger charge is 2.25. The number of benzene rings is 2. The number of aromatic nitrogens is 3. The lowest BCUT2D eigenvalue weighted by atomic mass is 10.1. The van der Waals surface area contributed by atoms with Gasteiger partial charge in [-0.2, -0.15) is 0 Å². The molecule has 0 bridgehead atoms. The quantitative estimate of drug-likeness (QED) is 0.345. The normalized spacial score (nSPS) is 11.1. The van der Waals surface area contributed by atoms with Gasteiger partial charge in [-0.1, -0.05) is 59.0 Å². The summed E-state index contributed by atoms with van der Waals surface area (Å²) in [5.41, 5.74) is 5.17. The number of anilines is 1. The van der Waals surface area contributed by atoms with E-state index in [2.05, 4.69) is 23.1 Å². The highest BCUT2D eigenvalue weighted by Crippen LogP contribution is 2.34. The molecular formula is C25H20N4O2S. The van der Waals surface area contributed by atoms with Gasteiger partial charge in [0.1, 0.15) is 0 Å². The zero-order chi connectivity index (χ0) is 22.1. The van der Waals surface area contributed by atoms with Crippen LogP contribution in [0.5, 0.6) is 0 Å². The number of carbonyl (C=O) groups is 1. The zero-order valence-corrected chi connectivity index (χ0v) is 18.5. The van der Waals surface area contributed by atoms with Gasteiger partial charge in [0.2, 0.25) is 0 Å². The van der Waals surface area contributed by atoms with Crippen LogP contribution in [0.2, 0.25) is 0 Å². The van der Waals surface area contributed by atoms with E-state index in [0.717, 1.165) is 32.5 Å². The van der Waals surface area contributed by atoms with E-state index in [1.165, 1.54) is 11.3 Å². The van der Waals surface area contributed by atoms with Gasteiger partial charge in [0, 0.05) is 24.0 Å². The van der Waals surface area contributed by atoms with Crippen molar-refractivity contribution < 1.29 is 9.32 Å². The Morgan fingerprint density at radius 3 is 2.69 bits per heavy atom. The van der Waals surface area contributed by atoms with Crippen molar-refractivity contribution in [2.75, 3.05) is 4.90 Å². The van der Waals surface area contributed by atoms with E-state index in [4.69, 9.17) is 9.51 Å². The number of aryl methyl sites for hydroxylation is 2. The monoisotopic (exact) mass is 440 g/mol. The van der Waals surface area contributed by atoms with Crippen LogP contribution in [-0.2, 0) is 6.54 Å². The second-order valence-corrected chi connectivity index (χ2v) is 8.60. The number of rotatable bonds is 5. The van der Waals surface area contributed by atoms with Gasteiger partial charge in [0.05, 0.1) is 16.8 Å². The van der Waals surface area contributed by atoms with Gasteiger partial charge in [0.25, 0.3) is 5.91 Å². The van der Waals surface area contributed by atoms with E-state index in [0.29, 0.717) is 17.4 Å². The van der Waals surface area contributed by atoms with E-state index in [9.17, 15) is 4.79 Å². The molecule has 0 saturated heterocycles. The molecule has 5 rings (SSSR count). The molecule has 0 spiro atoms. The zero-order valence-electron chi connectivity index (χ0n) is 17.6. The van der Waals surface area contributed by atoms with Crippen LogP contribution < -0.4 is 4.90 Å². The number of carbonyl (C=O) groups excluding carboxylic acids is 1. The highest BCUT2D eigenvalue weighted by atomic mass is 32.1. The predicted molar refractivity (Wildman–Crippen MR) is 126 cm³/mol. The summed E-state index contributed by atoms with van der Waals surface area (Å²) in [6.45, 7) is 4.44. The van der Waals surface area contributed by atoms with Crippen LogP contribution in [0.25, 0.3) is 21.5 Å². The Labute approximate surface area is 189 Å². The number of thiazole rings is 1. The van der Waals surface area contributed by atoms with Crippen molar-refractivity contribution in [1.82, 2.24) is 15.1 Å². The molecule has 6 nitrogen and oxygen atoms in total. The maximum absolute atomic E-state index is 13.6. The van der Waals surface area contributed by atoms with E-state index in [1.54, 1.807) is 23.4 Å². The lowest BCUT2D eigenvalue weighted by molar-refractivity contribution is 0.0976. The number of hydrogen-bond donors (Lipinski definition) is 0. The van der Waals surface area contributed by atoms with Gasteiger partial charge in [-0.15, -0.1) is 0 Å². The summed E-state index contributed by atoms with van der Waals surface area (Å²) in [4.78, 5) is 24.2. The fourth-order valence-electron chi connectivity index (χ4n) is 3.63. The summed E-state index contributed by atoms with van der Waals surface area (Å²) in [5.74, 6) is 0.277. The molecule has 0 unspecified atom stereocenters. The second kappa shape index (κ2) is 8.36. The lowest BCUT2D eigenvalue weighted by Gasteiger charge is -2.18. The summed E-state index contributed by atoms with van der Waals surface area (Å²) in [6, 6.07) is 19.2. The third-order valence-corrected chi connectivity index (χ3v) is 6.37. The molecule has 0 N–H and O–H groups in total. The van der Waals surface area contributed by atoms with E-state index in [-0.39, 0.29) is 11.6 Å². The first-order valence-electron chi connectivity index (χ1n) is 10.2. The summed E-state index contributed by atoms with van der Waals surface area (Å²) < 4.78 is 6.54. The largest absolute Gasteiger partial charge is 0.355 e. The minimum Gasteiger partial charge on any atom is -0.355 e. The molecule has 0 radical (unpaired) electrons. The van der Waals surface area contributed by atoms with Crippen molar-refractivity contribution >= 4 is 32.6 Å². The van der Waals surface area contributed by atoms with Gasteiger partial charge >= 0.3 is 0 Å². The van der Waals surface area contributed by atoms with Crippen molar-refractivity contribution in [1.29, 1.82) is 0 Å². The molecule has 1 amide bonds. The summed E-state index contributed by atoms with van der Waals surface area (Å²) >= 11 is 1.50. The molecule has 0 atom stereocenters. The van der Waals surface area contributed by atoms with Gasteiger partial charge in [0.15, 0.2) is 16.6 Å². The van der Waals surface area contributed by atoms with Crippen molar-refractivity contribution in [2.24, 2.45) is 0 Å². The topological polar surface area (TPSA) is 72.1 Å². The fourth-order valence-corrected chi connectivity index (χ4v) is 4.65. The first kappa shape index (κ1) is 20.1. The lowest BCUT2D eigenvalue weighted by Crippen LogP contribution is -2.30. The van der Waals surface area contributed by atoms with Gasteiger partial charge < -0.3 is 4.52 Å². The van der Waals surface area contributed by atoms with Crippen LogP contribution in [0.3, 0.4) is 0 Å². The van der Waals surface area contributed by atoms with E-state index in [1.807, 2.05) is 55.5 Å². The summed E-state index contributed by atoms with van der Waals surface area (Å²) in [5, 5.41) is 4.68. The molecule has 5 aromatic rings. The standard InChI is InChI=1S/C25H20N4O2S/c1-16-11-17(2)23-20(12-16)27-25(32-23)29(15-18-7-6-10-26-14-18)24(30)21-13-22(31-28-21)19-8-4-3-5-9-19/h3-14H,15H2,1-2H3. The Morgan fingerprint density at radius 2 is 1.91 bits per heavy atom. The van der Waals surface area contributed by atoms with Gasteiger partial charge in [-0.05, 0) is 42.7 Å². The Morgan fingerprint density at radius 1 is 1.06 bits per heavy atom. The molecule has 7 heteroatoms. The van der Waals surface area contributed by atoms with E-state index >= 15 is 0 Å². The maximum atomic E-state index is 13.6. The molecular weight excluding hydrogens is 420 g/mol. The second-order valence-electron chi connectivity index (χ2n) is 7.62. The van der Waals surface area contributed by atoms with Crippen molar-refractivity contribution in [3.8, 4) is 11.3 Å². The highest BCUT2D eigenvalue weighted by molar-refractivity contribution is 7.22. The average molecular weight is 441 g/mol. The molecule has 158 valence electrons. The molecule has 3 heterocycles. The predicted octanol–water partition coefficient (Wildman–Crippen LogP) is 5.81. The summed E-state index contributed by atoms with van der Waals surface area (Å²) in [7, 11) is 0. The van der Waals surface area contributed by atoms with Crippen LogP contribution in [0, 0.1) is 13.8 Å². The summed E-state index contributed by atoms with van der Waals surface area (Å²) in [6.07, 6.45) is 3.46. The van der Waals surface area contributed by atoms with Gasteiger partial charge in [-0.3, -0.25) is 14.7 Å². The Bertz CT molecular complexity index is 1390. The van der Waals surface area contributed by atoms with Crippen molar-refractivity contribution in [3.05, 3.63) is 95.4 Å². The smallest absolute Gasteiger partial charge is 0.282 e. The molecule has 0 aliphatic carbocycles. The fraction of sp³-hybridized carbons (Fsp3) is 0.120. The van der Waals surface area contributed by atoms with Crippen LogP contribution >= 0.6 is 11.3 Å². The van der Waals surface area contributed by atoms with Crippen LogP contribution in [0.1, 0.15) is 27.2 Å². The maximum Gasteiger partial charge on any atom is 0.282 e. The van der Waals surface area contributed by atoms with Crippen LogP contribution in [-0.4, -0.2) is 21.0 Å². The number of nitrogens with zero attached hydrogens (tertiary/aromatic N) is 4. The molecule has 0 aliphatic heterocycles. The molecule has 3 aromatic heterocycles. The Kier molecular flexibility index (Phi) is 5.25. The molecule has 2 aromatic carbocycles. The van der Waals surface area contributed by atoms with Gasteiger partial charge in [-0.25, -0.2) is 4.98 Å². The SMILES string of the molecule is Cc1cc(C)c2sc(N(Cc3cccnc3)C(=O)c3cc(-c4ccccc4)on3)nc2c1. The molecule has 32 heavy (non-hydrogen) atoms. The number of pyridine rings is 1. The Balaban J connectivity index is 1.55. The molecule has 0 fully saturated rings. The first-order chi connectivity index (χ1) is 15.6. The number of amides is 1. The molecule has 0 aliphatic rings. The molecule has 0 saturated carbocycles. The van der Waals surface area contributed by atoms with Crippen molar-refractivity contribution in [3.63, 3.8) is 0 Å². The van der Waals surface area contributed by atoms with Crippen LogP contribution in [0.4, 0.5) is 5.13 Å². The van der Waals surface area contributed by atoms with E-state index < -0.39 is 0 Å². The Hall–Kier alpha value is -3.84. The minimum absolute atomic E-state index is 0.236.